The number of carbonyl (C=O) groups is 2. The Kier molecular flexibility index (Phi) is 6.86. The number of ether oxygens (including phenoxy) is 2. The molecule has 8 heteroatoms. The first-order chi connectivity index (χ1) is 15.9. The molecule has 0 spiro atoms. The van der Waals surface area contributed by atoms with Gasteiger partial charge < -0.3 is 19.7 Å². The van der Waals surface area contributed by atoms with Crippen molar-refractivity contribution in [1.82, 2.24) is 10.2 Å². The molecule has 1 aliphatic rings. The Bertz CT molecular complexity index is 1210. The molecule has 0 saturated carbocycles. The third kappa shape index (κ3) is 5.13. The Labute approximate surface area is 201 Å². The van der Waals surface area contributed by atoms with E-state index in [4.69, 9.17) is 21.7 Å². The van der Waals surface area contributed by atoms with E-state index in [2.05, 4.69) is 5.32 Å². The summed E-state index contributed by atoms with van der Waals surface area (Å²) in [6.45, 7) is 2.00. The van der Waals surface area contributed by atoms with Crippen LogP contribution >= 0.6 is 23.6 Å². The summed E-state index contributed by atoms with van der Waals surface area (Å²) < 4.78 is 11.2. The Morgan fingerprint density at radius 2 is 1.85 bits per heavy atom. The number of carbonyl (C=O) groups excluding carboxylic acids is 2. The maximum absolute atomic E-state index is 13.2. The van der Waals surface area contributed by atoms with Crippen molar-refractivity contribution in [3.8, 4) is 5.75 Å². The Morgan fingerprint density at radius 3 is 2.58 bits per heavy atom. The molecule has 1 aromatic heterocycles. The quantitative estimate of drug-likeness (QED) is 0.309. The molecule has 0 fully saturated rings. The molecule has 168 valence electrons. The lowest BCUT2D eigenvalue weighted by atomic mass is 9.95. The van der Waals surface area contributed by atoms with Crippen LogP contribution in [0.3, 0.4) is 0 Å². The number of allylic oxidation sites excluding steroid dienone is 1. The first kappa shape index (κ1) is 22.7. The summed E-state index contributed by atoms with van der Waals surface area (Å²) in [5.74, 6) is -0.486. The van der Waals surface area contributed by atoms with Gasteiger partial charge in [0.25, 0.3) is 0 Å². The van der Waals surface area contributed by atoms with E-state index >= 15 is 0 Å². The zero-order chi connectivity index (χ0) is 23.4. The van der Waals surface area contributed by atoms with Gasteiger partial charge in [0.15, 0.2) is 5.11 Å². The van der Waals surface area contributed by atoms with Crippen molar-refractivity contribution in [2.75, 3.05) is 7.05 Å². The summed E-state index contributed by atoms with van der Waals surface area (Å²) in [4.78, 5) is 27.8. The zero-order valence-electron chi connectivity index (χ0n) is 18.1. The van der Waals surface area contributed by atoms with Gasteiger partial charge in [0.2, 0.25) is 0 Å². The highest BCUT2D eigenvalue weighted by Gasteiger charge is 2.33. The second-order valence-corrected chi connectivity index (χ2v) is 8.78. The Balaban J connectivity index is 1.60. The lowest BCUT2D eigenvalue weighted by molar-refractivity contribution is -0.140. The average Bonchev–Trinajstić information content (AvgIpc) is 3.37. The van der Waals surface area contributed by atoms with Crippen molar-refractivity contribution in [3.05, 3.63) is 99.4 Å². The number of hydrogen-bond donors (Lipinski definition) is 1. The molecule has 0 amide bonds. The van der Waals surface area contributed by atoms with Crippen molar-refractivity contribution in [2.45, 2.75) is 19.6 Å². The molecule has 33 heavy (non-hydrogen) atoms. The van der Waals surface area contributed by atoms with Crippen LogP contribution in [0.2, 0.25) is 0 Å². The minimum atomic E-state index is -0.544. The minimum absolute atomic E-state index is 0.163. The van der Waals surface area contributed by atoms with Gasteiger partial charge in [0.1, 0.15) is 17.2 Å². The number of nitrogens with one attached hydrogen (secondary N) is 1. The molecule has 2 heterocycles. The fraction of sp³-hybridized carbons (Fsp3) is 0.160. The molecule has 0 radical (unpaired) electrons. The second-order valence-electron chi connectivity index (χ2n) is 7.44. The second kappa shape index (κ2) is 9.97. The molecule has 1 aliphatic heterocycles. The fourth-order valence-corrected chi connectivity index (χ4v) is 4.31. The van der Waals surface area contributed by atoms with Gasteiger partial charge in [0, 0.05) is 12.7 Å². The zero-order valence-corrected chi connectivity index (χ0v) is 19.7. The van der Waals surface area contributed by atoms with Gasteiger partial charge >= 0.3 is 11.9 Å². The third-order valence-corrected chi connectivity index (χ3v) is 6.55. The molecule has 0 bridgehead atoms. The van der Waals surface area contributed by atoms with Crippen molar-refractivity contribution < 1.29 is 19.1 Å². The maximum Gasteiger partial charge on any atom is 0.353 e. The van der Waals surface area contributed by atoms with Gasteiger partial charge in [-0.1, -0.05) is 48.5 Å². The molecule has 1 atom stereocenters. The van der Waals surface area contributed by atoms with Gasteiger partial charge in [-0.25, -0.2) is 9.59 Å². The van der Waals surface area contributed by atoms with Gasteiger partial charge in [-0.2, -0.15) is 0 Å². The van der Waals surface area contributed by atoms with E-state index in [0.29, 0.717) is 27.0 Å². The van der Waals surface area contributed by atoms with Crippen LogP contribution in [0.25, 0.3) is 0 Å². The lowest BCUT2D eigenvalue weighted by Crippen LogP contribution is -2.46. The van der Waals surface area contributed by atoms with Crippen LogP contribution in [-0.4, -0.2) is 29.0 Å². The predicted octanol–water partition coefficient (Wildman–Crippen LogP) is 4.85. The van der Waals surface area contributed by atoms with Crippen LogP contribution in [0.1, 0.15) is 33.8 Å². The van der Waals surface area contributed by atoms with Crippen molar-refractivity contribution >= 4 is 40.6 Å². The number of esters is 2. The van der Waals surface area contributed by atoms with E-state index in [1.165, 1.54) is 11.3 Å². The SMILES string of the molecule is CC1=C(C(=O)OCc2ccccc2)[C@H](c2cccc(OC(=O)c3cccs3)c2)NC(=S)N1C. The van der Waals surface area contributed by atoms with Crippen LogP contribution in [0.15, 0.2) is 83.4 Å². The van der Waals surface area contributed by atoms with E-state index in [-0.39, 0.29) is 6.61 Å². The van der Waals surface area contributed by atoms with Crippen LogP contribution < -0.4 is 10.1 Å². The largest absolute Gasteiger partial charge is 0.457 e. The molecule has 0 unspecified atom stereocenters. The van der Waals surface area contributed by atoms with E-state index in [1.807, 2.05) is 48.7 Å². The van der Waals surface area contributed by atoms with E-state index in [1.54, 1.807) is 42.3 Å². The number of benzene rings is 2. The van der Waals surface area contributed by atoms with Gasteiger partial charge in [-0.05, 0) is 53.8 Å². The molecular formula is C25H22N2O4S2. The number of nitrogens with zero attached hydrogens (tertiary/aromatic N) is 1. The van der Waals surface area contributed by atoms with Crippen LogP contribution in [0, 0.1) is 0 Å². The molecule has 0 aliphatic carbocycles. The monoisotopic (exact) mass is 478 g/mol. The number of thiocarbonyl (C=S) groups is 1. The van der Waals surface area contributed by atoms with E-state index < -0.39 is 18.0 Å². The summed E-state index contributed by atoms with van der Waals surface area (Å²) in [7, 11) is 1.80. The third-order valence-electron chi connectivity index (χ3n) is 5.31. The van der Waals surface area contributed by atoms with Crippen LogP contribution in [0.4, 0.5) is 0 Å². The topological polar surface area (TPSA) is 67.9 Å². The average molecular weight is 479 g/mol. The first-order valence-electron chi connectivity index (χ1n) is 10.3. The van der Waals surface area contributed by atoms with Gasteiger partial charge in [0.05, 0.1) is 11.6 Å². The lowest BCUT2D eigenvalue weighted by Gasteiger charge is -2.35. The normalized spacial score (nSPS) is 15.8. The Morgan fingerprint density at radius 1 is 1.06 bits per heavy atom. The number of thiophene rings is 1. The molecule has 1 N–H and O–H groups in total. The first-order valence-corrected chi connectivity index (χ1v) is 11.5. The number of rotatable bonds is 6. The van der Waals surface area contributed by atoms with Crippen LogP contribution in [0.5, 0.6) is 5.75 Å². The summed E-state index contributed by atoms with van der Waals surface area (Å²) in [5.41, 5.74) is 2.77. The smallest absolute Gasteiger partial charge is 0.353 e. The highest BCUT2D eigenvalue weighted by Crippen LogP contribution is 2.32. The van der Waals surface area contributed by atoms with Gasteiger partial charge in [-0.3, -0.25) is 0 Å². The summed E-state index contributed by atoms with van der Waals surface area (Å²) in [6, 6.07) is 19.5. The van der Waals surface area contributed by atoms with Crippen molar-refractivity contribution in [2.24, 2.45) is 0 Å². The van der Waals surface area contributed by atoms with E-state index in [0.717, 1.165) is 11.1 Å². The summed E-state index contributed by atoms with van der Waals surface area (Å²) in [6.07, 6.45) is 0. The Hall–Kier alpha value is -3.49. The molecule has 2 aromatic carbocycles. The molecule has 0 saturated heterocycles. The summed E-state index contributed by atoms with van der Waals surface area (Å²) >= 11 is 6.78. The van der Waals surface area contributed by atoms with Crippen molar-refractivity contribution in [1.29, 1.82) is 0 Å². The van der Waals surface area contributed by atoms with Crippen LogP contribution in [-0.2, 0) is 16.1 Å². The summed E-state index contributed by atoms with van der Waals surface area (Å²) in [5, 5.41) is 5.51. The van der Waals surface area contributed by atoms with Crippen molar-refractivity contribution in [3.63, 3.8) is 0 Å². The molecular weight excluding hydrogens is 456 g/mol. The number of hydrogen-bond acceptors (Lipinski definition) is 6. The highest BCUT2D eigenvalue weighted by atomic mass is 32.1. The predicted molar refractivity (Wildman–Crippen MR) is 131 cm³/mol. The molecule has 6 nitrogen and oxygen atoms in total. The fourth-order valence-electron chi connectivity index (χ4n) is 3.46. The molecule has 4 rings (SSSR count). The minimum Gasteiger partial charge on any atom is -0.457 e. The molecule has 3 aromatic rings. The highest BCUT2D eigenvalue weighted by molar-refractivity contribution is 7.80. The van der Waals surface area contributed by atoms with Gasteiger partial charge in [-0.15, -0.1) is 11.3 Å². The maximum atomic E-state index is 13.2. The van der Waals surface area contributed by atoms with E-state index in [9.17, 15) is 9.59 Å². The standard InChI is InChI=1S/C25H22N2O4S2/c1-16-21(24(29)30-15-17-8-4-3-5-9-17)22(26-25(32)27(16)2)18-10-6-11-19(14-18)31-23(28)20-12-7-13-33-20/h3-14,22H,15H2,1-2H3,(H,26,32)/t22-/m0/s1.